The van der Waals surface area contributed by atoms with Crippen LogP contribution in [0.3, 0.4) is 0 Å². The maximum absolute atomic E-state index is 13.9. The number of nitrogens with zero attached hydrogens (tertiary/aromatic N) is 3. The number of piperidine rings is 1. The highest BCUT2D eigenvalue weighted by atomic mass is 19.4. The van der Waals surface area contributed by atoms with E-state index >= 15 is 0 Å². The molecule has 12 heteroatoms. The predicted octanol–water partition coefficient (Wildman–Crippen LogP) is 6.49. The molecule has 2 aromatic rings. The van der Waals surface area contributed by atoms with Gasteiger partial charge in [0.15, 0.2) is 0 Å². The van der Waals surface area contributed by atoms with Crippen molar-refractivity contribution in [3.8, 4) is 0 Å². The Labute approximate surface area is 241 Å². The molecule has 5 nitrogen and oxygen atoms in total. The zero-order chi connectivity index (χ0) is 31.4. The lowest BCUT2D eigenvalue weighted by Gasteiger charge is -2.40. The van der Waals surface area contributed by atoms with Gasteiger partial charge in [-0.25, -0.2) is 4.39 Å². The Kier molecular flexibility index (Phi) is 10.7. The Hall–Kier alpha value is -3.15. The monoisotopic (exact) mass is 603 g/mol. The van der Waals surface area contributed by atoms with E-state index < -0.39 is 53.6 Å². The van der Waals surface area contributed by atoms with Gasteiger partial charge < -0.3 is 14.7 Å². The summed E-state index contributed by atoms with van der Waals surface area (Å²) < 4.78 is 94.1. The van der Waals surface area contributed by atoms with Gasteiger partial charge in [0.1, 0.15) is 5.82 Å². The van der Waals surface area contributed by atoms with Crippen molar-refractivity contribution in [2.45, 2.75) is 58.4 Å². The van der Waals surface area contributed by atoms with Crippen LogP contribution in [0.5, 0.6) is 0 Å². The standard InChI is InChI=1S/C30H36F7N3O2/c1-5-39(6-2)11-10-27(41)40-12-9-25(26(18-40)24-8-7-23(31)13-19(24)3)28(42)38(4)17-20-14-21(29(32,33)34)16-22(15-20)30(35,36)37/h7-8,13-16,25-26H,5-6,9-12,17-18H2,1-4H3. The quantitative estimate of drug-likeness (QED) is 0.308. The number of rotatable bonds is 9. The average Bonchev–Trinajstić information content (AvgIpc) is 2.91. The second-order valence-corrected chi connectivity index (χ2v) is 10.7. The molecule has 0 N–H and O–H groups in total. The average molecular weight is 604 g/mol. The smallest absolute Gasteiger partial charge is 0.342 e. The Morgan fingerprint density at radius 2 is 1.55 bits per heavy atom. The van der Waals surface area contributed by atoms with Gasteiger partial charge in [0.2, 0.25) is 11.8 Å². The summed E-state index contributed by atoms with van der Waals surface area (Å²) in [7, 11) is 1.33. The van der Waals surface area contributed by atoms with Crippen LogP contribution in [0.25, 0.3) is 0 Å². The summed E-state index contributed by atoms with van der Waals surface area (Å²) in [6, 6.07) is 5.40. The van der Waals surface area contributed by atoms with E-state index in [1.807, 2.05) is 13.8 Å². The number of hydrogen-bond acceptors (Lipinski definition) is 3. The number of carbonyl (C=O) groups excluding carboxylic acids is 2. The molecule has 1 aliphatic heterocycles. The lowest BCUT2D eigenvalue weighted by atomic mass is 9.78. The minimum absolute atomic E-state index is 0.0473. The van der Waals surface area contributed by atoms with Crippen molar-refractivity contribution in [3.05, 3.63) is 70.0 Å². The fraction of sp³-hybridized carbons (Fsp3) is 0.533. The van der Waals surface area contributed by atoms with Gasteiger partial charge >= 0.3 is 12.4 Å². The third-order valence-corrected chi connectivity index (χ3v) is 7.89. The number of halogens is 7. The maximum atomic E-state index is 13.9. The summed E-state index contributed by atoms with van der Waals surface area (Å²) in [6.07, 6.45) is -9.49. The fourth-order valence-electron chi connectivity index (χ4n) is 5.54. The molecule has 0 bridgehead atoms. The molecule has 1 heterocycles. The number of amides is 2. The zero-order valence-electron chi connectivity index (χ0n) is 24.1. The highest BCUT2D eigenvalue weighted by molar-refractivity contribution is 5.81. The fourth-order valence-corrected chi connectivity index (χ4v) is 5.54. The molecule has 1 aliphatic rings. The second kappa shape index (κ2) is 13.4. The molecule has 0 aromatic heterocycles. The van der Waals surface area contributed by atoms with E-state index in [4.69, 9.17) is 0 Å². The number of benzene rings is 2. The summed E-state index contributed by atoms with van der Waals surface area (Å²) in [5.74, 6) is -2.30. The number of likely N-dealkylation sites (tertiary alicyclic amines) is 1. The van der Waals surface area contributed by atoms with Crippen molar-refractivity contribution in [1.82, 2.24) is 14.7 Å². The molecular weight excluding hydrogens is 567 g/mol. The third-order valence-electron chi connectivity index (χ3n) is 7.89. The van der Waals surface area contributed by atoms with Crippen LogP contribution in [0, 0.1) is 18.7 Å². The van der Waals surface area contributed by atoms with Crippen LogP contribution < -0.4 is 0 Å². The molecule has 2 aromatic carbocycles. The number of hydrogen-bond donors (Lipinski definition) is 0. The minimum atomic E-state index is -5.01. The van der Waals surface area contributed by atoms with E-state index in [1.54, 1.807) is 17.9 Å². The molecule has 0 radical (unpaired) electrons. The van der Waals surface area contributed by atoms with Crippen LogP contribution in [-0.2, 0) is 28.5 Å². The second-order valence-electron chi connectivity index (χ2n) is 10.7. The van der Waals surface area contributed by atoms with Gasteiger partial charge in [-0.2, -0.15) is 26.3 Å². The van der Waals surface area contributed by atoms with Crippen molar-refractivity contribution in [2.24, 2.45) is 5.92 Å². The van der Waals surface area contributed by atoms with Crippen LogP contribution in [0.1, 0.15) is 60.4 Å². The summed E-state index contributed by atoms with van der Waals surface area (Å²) in [5.41, 5.74) is -1.99. The topological polar surface area (TPSA) is 43.9 Å². The highest BCUT2D eigenvalue weighted by Crippen LogP contribution is 2.38. The van der Waals surface area contributed by atoms with Crippen molar-refractivity contribution in [1.29, 1.82) is 0 Å². The Balaban J connectivity index is 1.88. The third kappa shape index (κ3) is 8.23. The van der Waals surface area contributed by atoms with Crippen LogP contribution in [0.2, 0.25) is 0 Å². The van der Waals surface area contributed by atoms with Gasteiger partial charge in [0, 0.05) is 51.5 Å². The maximum Gasteiger partial charge on any atom is 0.416 e. The van der Waals surface area contributed by atoms with E-state index in [1.165, 1.54) is 19.2 Å². The molecular formula is C30H36F7N3O2. The number of aryl methyl sites for hydroxylation is 1. The van der Waals surface area contributed by atoms with Gasteiger partial charge in [-0.15, -0.1) is 0 Å². The van der Waals surface area contributed by atoms with Crippen molar-refractivity contribution < 1.29 is 40.3 Å². The zero-order valence-corrected chi connectivity index (χ0v) is 24.1. The van der Waals surface area contributed by atoms with Gasteiger partial charge in [0.25, 0.3) is 0 Å². The van der Waals surface area contributed by atoms with Gasteiger partial charge in [0.05, 0.1) is 11.1 Å². The molecule has 0 saturated carbocycles. The van der Waals surface area contributed by atoms with Crippen molar-refractivity contribution >= 4 is 11.8 Å². The molecule has 1 fully saturated rings. The van der Waals surface area contributed by atoms with E-state index in [0.717, 1.165) is 18.0 Å². The minimum Gasteiger partial charge on any atom is -0.342 e. The first-order valence-corrected chi connectivity index (χ1v) is 13.8. The molecule has 1 saturated heterocycles. The first-order chi connectivity index (χ1) is 19.5. The van der Waals surface area contributed by atoms with E-state index in [-0.39, 0.29) is 43.5 Å². The lowest BCUT2D eigenvalue weighted by Crippen LogP contribution is -2.48. The lowest BCUT2D eigenvalue weighted by molar-refractivity contribution is -0.143. The first kappa shape index (κ1) is 33.4. The van der Waals surface area contributed by atoms with E-state index in [9.17, 15) is 40.3 Å². The van der Waals surface area contributed by atoms with Gasteiger partial charge in [-0.1, -0.05) is 19.9 Å². The predicted molar refractivity (Wildman–Crippen MR) is 144 cm³/mol. The number of carbonyl (C=O) groups is 2. The SMILES string of the molecule is CCN(CC)CCC(=O)N1CCC(C(=O)N(C)Cc2cc(C(F)(F)F)cc(C(F)(F)F)c2)C(c2ccc(F)cc2C)C1. The summed E-state index contributed by atoms with van der Waals surface area (Å²) in [4.78, 5) is 31.7. The molecule has 2 atom stereocenters. The largest absolute Gasteiger partial charge is 0.416 e. The molecule has 0 aliphatic carbocycles. The van der Waals surface area contributed by atoms with E-state index in [2.05, 4.69) is 4.90 Å². The van der Waals surface area contributed by atoms with Crippen molar-refractivity contribution in [3.63, 3.8) is 0 Å². The normalized spacial score (nSPS) is 18.0. The van der Waals surface area contributed by atoms with Crippen LogP contribution in [0.4, 0.5) is 30.7 Å². The summed E-state index contributed by atoms with van der Waals surface area (Å²) in [5, 5.41) is 0. The Bertz CT molecular complexity index is 1230. The Morgan fingerprint density at radius 1 is 0.952 bits per heavy atom. The molecule has 232 valence electrons. The molecule has 42 heavy (non-hydrogen) atoms. The summed E-state index contributed by atoms with van der Waals surface area (Å²) in [6.45, 7) is 7.80. The molecule has 3 rings (SSSR count). The van der Waals surface area contributed by atoms with Gasteiger partial charge in [-0.3, -0.25) is 9.59 Å². The Morgan fingerprint density at radius 3 is 2.07 bits per heavy atom. The van der Waals surface area contributed by atoms with Gasteiger partial charge in [-0.05, 0) is 73.5 Å². The highest BCUT2D eigenvalue weighted by Gasteiger charge is 2.40. The molecule has 0 spiro atoms. The molecule has 2 unspecified atom stereocenters. The van der Waals surface area contributed by atoms with Crippen LogP contribution in [-0.4, -0.2) is 66.3 Å². The number of alkyl halides is 6. The molecule has 2 amide bonds. The van der Waals surface area contributed by atoms with Crippen LogP contribution in [0.15, 0.2) is 36.4 Å². The van der Waals surface area contributed by atoms with Crippen molar-refractivity contribution in [2.75, 3.05) is 39.8 Å². The first-order valence-electron chi connectivity index (χ1n) is 13.8. The van der Waals surface area contributed by atoms with E-state index in [0.29, 0.717) is 29.8 Å². The van der Waals surface area contributed by atoms with Crippen LogP contribution >= 0.6 is 0 Å². The summed E-state index contributed by atoms with van der Waals surface area (Å²) >= 11 is 0.